The van der Waals surface area contributed by atoms with Crippen LogP contribution in [0.3, 0.4) is 0 Å². The summed E-state index contributed by atoms with van der Waals surface area (Å²) >= 11 is 3.58. The van der Waals surface area contributed by atoms with Gasteiger partial charge in [-0.05, 0) is 37.4 Å². The van der Waals surface area contributed by atoms with Gasteiger partial charge in [0.25, 0.3) is 0 Å². The third-order valence-electron chi connectivity index (χ3n) is 2.59. The summed E-state index contributed by atoms with van der Waals surface area (Å²) in [6, 6.07) is 9.18. The van der Waals surface area contributed by atoms with Crippen molar-refractivity contribution in [1.82, 2.24) is 5.32 Å². The molecule has 1 unspecified atom stereocenters. The number of benzene rings is 1. The first-order chi connectivity index (χ1) is 6.36. The average Bonchev–Trinajstić information content (AvgIpc) is 2.61. The second kappa shape index (κ2) is 4.25. The lowest BCUT2D eigenvalue weighted by molar-refractivity contribution is 0.602. The number of halogens is 1. The van der Waals surface area contributed by atoms with Crippen LogP contribution in [0.1, 0.15) is 18.4 Å². The molecule has 1 aliphatic heterocycles. The lowest BCUT2D eigenvalue weighted by Gasteiger charge is -2.10. The van der Waals surface area contributed by atoms with Crippen LogP contribution in [0, 0.1) is 0 Å². The van der Waals surface area contributed by atoms with Gasteiger partial charge in [0, 0.05) is 10.5 Å². The SMILES string of the molecule is Brc1ccccc1CC1CCCN1. The Morgan fingerprint density at radius 1 is 1.38 bits per heavy atom. The molecule has 0 aromatic heterocycles. The molecule has 0 saturated carbocycles. The first kappa shape index (κ1) is 9.22. The molecule has 1 aromatic rings. The molecule has 13 heavy (non-hydrogen) atoms. The van der Waals surface area contributed by atoms with Crippen LogP contribution >= 0.6 is 15.9 Å². The van der Waals surface area contributed by atoms with Crippen molar-refractivity contribution in [2.45, 2.75) is 25.3 Å². The molecule has 70 valence electrons. The lowest BCUT2D eigenvalue weighted by Crippen LogP contribution is -2.23. The van der Waals surface area contributed by atoms with Crippen LogP contribution in [0.15, 0.2) is 28.7 Å². The highest BCUT2D eigenvalue weighted by Gasteiger charge is 2.14. The van der Waals surface area contributed by atoms with Gasteiger partial charge < -0.3 is 5.32 Å². The average molecular weight is 240 g/mol. The van der Waals surface area contributed by atoms with Crippen LogP contribution in [-0.4, -0.2) is 12.6 Å². The molecular weight excluding hydrogens is 226 g/mol. The monoisotopic (exact) mass is 239 g/mol. The van der Waals surface area contributed by atoms with Gasteiger partial charge in [-0.15, -0.1) is 0 Å². The van der Waals surface area contributed by atoms with Crippen LogP contribution in [0.25, 0.3) is 0 Å². The van der Waals surface area contributed by atoms with E-state index in [4.69, 9.17) is 0 Å². The normalized spacial score (nSPS) is 22.1. The lowest BCUT2D eigenvalue weighted by atomic mass is 10.1. The summed E-state index contributed by atoms with van der Waals surface area (Å²) < 4.78 is 1.24. The van der Waals surface area contributed by atoms with Crippen molar-refractivity contribution >= 4 is 15.9 Å². The van der Waals surface area contributed by atoms with E-state index in [9.17, 15) is 0 Å². The van der Waals surface area contributed by atoms with Crippen molar-refractivity contribution in [3.63, 3.8) is 0 Å². The zero-order chi connectivity index (χ0) is 9.10. The summed E-state index contributed by atoms with van der Waals surface area (Å²) in [5, 5.41) is 3.51. The molecule has 1 N–H and O–H groups in total. The second-order valence-electron chi connectivity index (χ2n) is 3.59. The summed E-state index contributed by atoms with van der Waals surface area (Å²) in [4.78, 5) is 0. The Morgan fingerprint density at radius 2 is 2.23 bits per heavy atom. The Hall–Kier alpha value is -0.340. The number of hydrogen-bond acceptors (Lipinski definition) is 1. The van der Waals surface area contributed by atoms with E-state index in [0.717, 1.165) is 6.42 Å². The van der Waals surface area contributed by atoms with E-state index in [1.807, 2.05) is 0 Å². The van der Waals surface area contributed by atoms with E-state index in [0.29, 0.717) is 6.04 Å². The highest BCUT2D eigenvalue weighted by Crippen LogP contribution is 2.19. The van der Waals surface area contributed by atoms with Crippen molar-refractivity contribution in [3.05, 3.63) is 34.3 Å². The molecule has 1 atom stereocenters. The van der Waals surface area contributed by atoms with E-state index in [1.54, 1.807) is 0 Å². The Morgan fingerprint density at radius 3 is 2.92 bits per heavy atom. The van der Waals surface area contributed by atoms with Crippen molar-refractivity contribution in [2.75, 3.05) is 6.54 Å². The standard InChI is InChI=1S/C11H14BrN/c12-11-6-2-1-4-9(11)8-10-5-3-7-13-10/h1-2,4,6,10,13H,3,5,7-8H2. The topological polar surface area (TPSA) is 12.0 Å². The molecule has 0 radical (unpaired) electrons. The summed E-state index contributed by atoms with van der Waals surface area (Å²) in [5.74, 6) is 0. The molecule has 0 amide bonds. The number of nitrogens with one attached hydrogen (secondary N) is 1. The quantitative estimate of drug-likeness (QED) is 0.838. The molecule has 1 heterocycles. The van der Waals surface area contributed by atoms with Gasteiger partial charge in [0.1, 0.15) is 0 Å². The molecule has 0 aliphatic carbocycles. The third-order valence-corrected chi connectivity index (χ3v) is 3.36. The van der Waals surface area contributed by atoms with Crippen molar-refractivity contribution in [2.24, 2.45) is 0 Å². The van der Waals surface area contributed by atoms with Gasteiger partial charge in [-0.25, -0.2) is 0 Å². The molecule has 2 rings (SSSR count). The molecule has 1 aliphatic rings. The van der Waals surface area contributed by atoms with Gasteiger partial charge in [0.2, 0.25) is 0 Å². The van der Waals surface area contributed by atoms with E-state index in [-0.39, 0.29) is 0 Å². The predicted octanol–water partition coefficient (Wildman–Crippen LogP) is 2.74. The minimum absolute atomic E-state index is 0.693. The van der Waals surface area contributed by atoms with Crippen LogP contribution < -0.4 is 5.32 Å². The third kappa shape index (κ3) is 2.32. The molecule has 1 fully saturated rings. The van der Waals surface area contributed by atoms with Crippen LogP contribution in [-0.2, 0) is 6.42 Å². The van der Waals surface area contributed by atoms with E-state index >= 15 is 0 Å². The number of rotatable bonds is 2. The molecular formula is C11H14BrN. The Labute approximate surface area is 87.7 Å². The Bertz CT molecular complexity index is 279. The van der Waals surface area contributed by atoms with Gasteiger partial charge >= 0.3 is 0 Å². The van der Waals surface area contributed by atoms with Crippen molar-refractivity contribution < 1.29 is 0 Å². The van der Waals surface area contributed by atoms with Crippen LogP contribution in [0.2, 0.25) is 0 Å². The van der Waals surface area contributed by atoms with Crippen molar-refractivity contribution in [1.29, 1.82) is 0 Å². The molecule has 1 nitrogen and oxygen atoms in total. The minimum atomic E-state index is 0.693. The Kier molecular flexibility index (Phi) is 3.01. The summed E-state index contributed by atoms with van der Waals surface area (Å²) in [6.07, 6.45) is 3.80. The maximum absolute atomic E-state index is 3.58. The molecule has 0 spiro atoms. The highest BCUT2D eigenvalue weighted by atomic mass is 79.9. The van der Waals surface area contributed by atoms with Gasteiger partial charge in [-0.2, -0.15) is 0 Å². The summed E-state index contributed by atoms with van der Waals surface area (Å²) in [6.45, 7) is 1.19. The zero-order valence-electron chi connectivity index (χ0n) is 7.59. The molecule has 1 saturated heterocycles. The maximum Gasteiger partial charge on any atom is 0.0207 e. The molecule has 0 bridgehead atoms. The fraction of sp³-hybridized carbons (Fsp3) is 0.455. The smallest absolute Gasteiger partial charge is 0.0207 e. The largest absolute Gasteiger partial charge is 0.314 e. The Balaban J connectivity index is 2.04. The zero-order valence-corrected chi connectivity index (χ0v) is 9.18. The minimum Gasteiger partial charge on any atom is -0.314 e. The number of hydrogen-bond donors (Lipinski definition) is 1. The maximum atomic E-state index is 3.58. The predicted molar refractivity (Wildman–Crippen MR) is 58.9 cm³/mol. The van der Waals surface area contributed by atoms with E-state index < -0.39 is 0 Å². The molecule has 1 aromatic carbocycles. The van der Waals surface area contributed by atoms with Gasteiger partial charge in [-0.1, -0.05) is 34.1 Å². The summed E-state index contributed by atoms with van der Waals surface area (Å²) in [5.41, 5.74) is 1.42. The fourth-order valence-corrected chi connectivity index (χ4v) is 2.31. The fourth-order valence-electron chi connectivity index (χ4n) is 1.86. The van der Waals surface area contributed by atoms with E-state index in [2.05, 4.69) is 45.5 Å². The molecule has 2 heteroatoms. The summed E-state index contributed by atoms with van der Waals surface area (Å²) in [7, 11) is 0. The second-order valence-corrected chi connectivity index (χ2v) is 4.44. The van der Waals surface area contributed by atoms with Gasteiger partial charge in [0.05, 0.1) is 0 Å². The van der Waals surface area contributed by atoms with Gasteiger partial charge in [-0.3, -0.25) is 0 Å². The van der Waals surface area contributed by atoms with Gasteiger partial charge in [0.15, 0.2) is 0 Å². The van der Waals surface area contributed by atoms with Crippen molar-refractivity contribution in [3.8, 4) is 0 Å². The van der Waals surface area contributed by atoms with E-state index in [1.165, 1.54) is 29.4 Å². The van der Waals surface area contributed by atoms with Crippen LogP contribution in [0.5, 0.6) is 0 Å². The first-order valence-electron chi connectivity index (χ1n) is 4.83. The highest BCUT2D eigenvalue weighted by molar-refractivity contribution is 9.10. The van der Waals surface area contributed by atoms with Crippen LogP contribution in [0.4, 0.5) is 0 Å². The first-order valence-corrected chi connectivity index (χ1v) is 5.62.